The van der Waals surface area contributed by atoms with E-state index in [-0.39, 0.29) is 6.10 Å². The Morgan fingerprint density at radius 3 is 2.42 bits per heavy atom. The molecular weight excluding hydrogens is 152 g/mol. The van der Waals surface area contributed by atoms with Gasteiger partial charge in [0.05, 0.1) is 19.1 Å². The first-order chi connectivity index (χ1) is 5.77. The summed E-state index contributed by atoms with van der Waals surface area (Å²) in [5.41, 5.74) is 0. The highest BCUT2D eigenvalue weighted by Crippen LogP contribution is 2.14. The Hall–Kier alpha value is -0.120. The Morgan fingerprint density at radius 1 is 1.25 bits per heavy atom. The van der Waals surface area contributed by atoms with Gasteiger partial charge in [-0.1, -0.05) is 0 Å². The van der Waals surface area contributed by atoms with Crippen molar-refractivity contribution in [1.29, 1.82) is 0 Å². The number of nitrogens with one attached hydrogen (secondary N) is 1. The van der Waals surface area contributed by atoms with Crippen molar-refractivity contribution in [3.05, 3.63) is 7.05 Å². The van der Waals surface area contributed by atoms with Gasteiger partial charge in [0, 0.05) is 0 Å². The van der Waals surface area contributed by atoms with Crippen molar-refractivity contribution < 1.29 is 10.0 Å². The van der Waals surface area contributed by atoms with E-state index < -0.39 is 0 Å². The molecule has 0 saturated carbocycles. The van der Waals surface area contributed by atoms with Gasteiger partial charge in [0.15, 0.2) is 0 Å². The topological polar surface area (TPSA) is 27.9 Å². The smallest absolute Gasteiger partial charge is 0.121 e. The molecule has 2 saturated heterocycles. The average molecular weight is 170 g/mol. The number of rotatable bonds is 1. The highest BCUT2D eigenvalue weighted by molar-refractivity contribution is 4.84. The fourth-order valence-electron chi connectivity index (χ4n) is 2.39. The SMILES string of the molecule is [CH2-][NH+]1C[C@H](O)[C@@H](N2CCCC2)C1. The molecule has 3 atom stereocenters. The van der Waals surface area contributed by atoms with Crippen molar-refractivity contribution >= 4 is 0 Å². The van der Waals surface area contributed by atoms with Gasteiger partial charge in [0.25, 0.3) is 0 Å². The van der Waals surface area contributed by atoms with Crippen LogP contribution in [0, 0.1) is 7.05 Å². The third kappa shape index (κ3) is 1.49. The maximum absolute atomic E-state index is 9.72. The first-order valence-electron chi connectivity index (χ1n) is 4.86. The molecule has 2 rings (SSSR count). The summed E-state index contributed by atoms with van der Waals surface area (Å²) in [6, 6.07) is 0.389. The van der Waals surface area contributed by atoms with E-state index in [1.807, 2.05) is 0 Å². The molecular formula is C9H18N2O. The van der Waals surface area contributed by atoms with Crippen molar-refractivity contribution in [2.24, 2.45) is 0 Å². The van der Waals surface area contributed by atoms with Crippen LogP contribution in [0.3, 0.4) is 0 Å². The molecule has 2 aliphatic rings. The van der Waals surface area contributed by atoms with Crippen LogP contribution in [-0.4, -0.2) is 48.3 Å². The van der Waals surface area contributed by atoms with Crippen LogP contribution >= 0.6 is 0 Å². The predicted molar refractivity (Wildman–Crippen MR) is 46.7 cm³/mol. The number of quaternary nitrogens is 1. The second-order valence-corrected chi connectivity index (χ2v) is 4.04. The summed E-state index contributed by atoms with van der Waals surface area (Å²) in [6.07, 6.45) is 2.46. The van der Waals surface area contributed by atoms with E-state index in [2.05, 4.69) is 11.9 Å². The number of hydrogen-bond donors (Lipinski definition) is 2. The molecule has 0 spiro atoms. The largest absolute Gasteiger partial charge is 0.464 e. The van der Waals surface area contributed by atoms with Crippen LogP contribution in [0.2, 0.25) is 0 Å². The molecule has 0 radical (unpaired) electrons. The van der Waals surface area contributed by atoms with Crippen LogP contribution in [0.5, 0.6) is 0 Å². The quantitative estimate of drug-likeness (QED) is 0.469. The summed E-state index contributed by atoms with van der Waals surface area (Å²) in [4.78, 5) is 3.64. The monoisotopic (exact) mass is 170 g/mol. The lowest BCUT2D eigenvalue weighted by Gasteiger charge is -2.23. The van der Waals surface area contributed by atoms with Gasteiger partial charge in [-0.25, -0.2) is 0 Å². The Balaban J connectivity index is 1.94. The number of aliphatic hydroxyl groups excluding tert-OH is 1. The lowest BCUT2D eigenvalue weighted by Crippen LogP contribution is -3.05. The molecule has 0 aromatic heterocycles. The minimum atomic E-state index is -0.143. The third-order valence-electron chi connectivity index (χ3n) is 3.05. The van der Waals surface area contributed by atoms with Crippen molar-refractivity contribution in [1.82, 2.24) is 4.90 Å². The Labute approximate surface area is 74.0 Å². The first-order valence-corrected chi connectivity index (χ1v) is 4.86. The minimum absolute atomic E-state index is 0.143. The van der Waals surface area contributed by atoms with Gasteiger partial charge in [0.2, 0.25) is 0 Å². The first kappa shape index (κ1) is 8.48. The maximum atomic E-state index is 9.72. The van der Waals surface area contributed by atoms with E-state index in [0.29, 0.717) is 6.04 Å². The van der Waals surface area contributed by atoms with E-state index in [9.17, 15) is 5.11 Å². The Bertz CT molecular complexity index is 157. The van der Waals surface area contributed by atoms with Gasteiger partial charge in [-0.3, -0.25) is 4.90 Å². The summed E-state index contributed by atoms with van der Waals surface area (Å²) in [5, 5.41) is 9.72. The van der Waals surface area contributed by atoms with Crippen molar-refractivity contribution in [2.45, 2.75) is 25.0 Å². The summed E-state index contributed by atoms with van der Waals surface area (Å²) in [6.45, 7) is 4.19. The van der Waals surface area contributed by atoms with Gasteiger partial charge in [0.1, 0.15) is 6.10 Å². The molecule has 2 heterocycles. The van der Waals surface area contributed by atoms with E-state index in [1.165, 1.54) is 30.8 Å². The molecule has 1 unspecified atom stereocenters. The molecule has 0 bridgehead atoms. The standard InChI is InChI=1S/C9H18N2O/c1-10-6-8(9(12)7-10)11-4-2-3-5-11/h8-10,12H,1-7H2/t8-,9-/m0/s1. The van der Waals surface area contributed by atoms with E-state index in [1.54, 1.807) is 0 Å². The van der Waals surface area contributed by atoms with Crippen LogP contribution in [0.4, 0.5) is 0 Å². The number of nitrogens with zero attached hydrogens (tertiary/aromatic N) is 1. The van der Waals surface area contributed by atoms with Crippen LogP contribution < -0.4 is 4.90 Å². The van der Waals surface area contributed by atoms with Crippen LogP contribution in [0.15, 0.2) is 0 Å². The van der Waals surface area contributed by atoms with Gasteiger partial charge in [-0.2, -0.15) is 7.05 Å². The summed E-state index contributed by atoms with van der Waals surface area (Å²) < 4.78 is 0. The number of likely N-dealkylation sites (tertiary alicyclic amines) is 2. The average Bonchev–Trinajstić information content (AvgIpc) is 2.58. The molecule has 0 aromatic carbocycles. The summed E-state index contributed by atoms with van der Waals surface area (Å²) in [5.74, 6) is 0. The van der Waals surface area contributed by atoms with Gasteiger partial charge >= 0.3 is 0 Å². The minimum Gasteiger partial charge on any atom is -0.464 e. The fourth-order valence-corrected chi connectivity index (χ4v) is 2.39. The maximum Gasteiger partial charge on any atom is 0.121 e. The molecule has 12 heavy (non-hydrogen) atoms. The highest BCUT2D eigenvalue weighted by atomic mass is 16.3. The van der Waals surface area contributed by atoms with Crippen molar-refractivity contribution in [3.8, 4) is 0 Å². The molecule has 0 aliphatic carbocycles. The molecule has 2 aliphatic heterocycles. The molecule has 0 aromatic rings. The van der Waals surface area contributed by atoms with E-state index in [0.717, 1.165) is 13.1 Å². The Morgan fingerprint density at radius 2 is 1.92 bits per heavy atom. The third-order valence-corrected chi connectivity index (χ3v) is 3.05. The zero-order valence-corrected chi connectivity index (χ0v) is 7.50. The van der Waals surface area contributed by atoms with Crippen molar-refractivity contribution in [2.75, 3.05) is 26.2 Å². The van der Waals surface area contributed by atoms with E-state index in [4.69, 9.17) is 0 Å². The summed E-state index contributed by atoms with van der Waals surface area (Å²) >= 11 is 0. The van der Waals surface area contributed by atoms with E-state index >= 15 is 0 Å². The molecule has 3 heteroatoms. The molecule has 2 N–H and O–H groups in total. The fraction of sp³-hybridized carbons (Fsp3) is 0.889. The zero-order valence-electron chi connectivity index (χ0n) is 7.50. The molecule has 0 amide bonds. The lowest BCUT2D eigenvalue weighted by molar-refractivity contribution is -0.842. The molecule has 70 valence electrons. The number of aliphatic hydroxyl groups is 1. The van der Waals surface area contributed by atoms with Gasteiger partial charge < -0.3 is 10.0 Å². The van der Waals surface area contributed by atoms with Crippen LogP contribution in [-0.2, 0) is 0 Å². The lowest BCUT2D eigenvalue weighted by atomic mass is 10.2. The normalized spacial score (nSPS) is 44.0. The molecule has 2 fully saturated rings. The van der Waals surface area contributed by atoms with Crippen LogP contribution in [0.1, 0.15) is 12.8 Å². The second-order valence-electron chi connectivity index (χ2n) is 4.04. The molecule has 3 nitrogen and oxygen atoms in total. The second kappa shape index (κ2) is 3.32. The van der Waals surface area contributed by atoms with Crippen LogP contribution in [0.25, 0.3) is 0 Å². The van der Waals surface area contributed by atoms with Crippen molar-refractivity contribution in [3.63, 3.8) is 0 Å². The summed E-state index contributed by atoms with van der Waals surface area (Å²) in [7, 11) is 3.94. The number of hydrogen-bond acceptors (Lipinski definition) is 2. The highest BCUT2D eigenvalue weighted by Gasteiger charge is 2.35. The van der Waals surface area contributed by atoms with Gasteiger partial charge in [-0.05, 0) is 25.9 Å². The zero-order chi connectivity index (χ0) is 8.55. The Kier molecular flexibility index (Phi) is 2.35. The predicted octanol–water partition coefficient (Wildman–Crippen LogP) is -1.50. The van der Waals surface area contributed by atoms with Gasteiger partial charge in [-0.15, -0.1) is 0 Å².